The van der Waals surface area contributed by atoms with Gasteiger partial charge in [-0.05, 0) is 71.8 Å². The Balaban J connectivity index is 1.64. The van der Waals surface area contributed by atoms with E-state index in [0.717, 1.165) is 0 Å². The van der Waals surface area contributed by atoms with Crippen LogP contribution in [0.1, 0.15) is 72.9 Å². The maximum absolute atomic E-state index is 12.3. The van der Waals surface area contributed by atoms with Gasteiger partial charge in [0.2, 0.25) is 0 Å². The van der Waals surface area contributed by atoms with Gasteiger partial charge in [0.05, 0.1) is 23.6 Å². The lowest BCUT2D eigenvalue weighted by Crippen LogP contribution is -2.02. The van der Waals surface area contributed by atoms with E-state index in [4.69, 9.17) is 23.2 Å². The number of nitrogens with zero attached hydrogens (tertiary/aromatic N) is 4. The van der Waals surface area contributed by atoms with E-state index >= 15 is 0 Å². The van der Waals surface area contributed by atoms with E-state index in [1.807, 2.05) is 27.7 Å². The van der Waals surface area contributed by atoms with Crippen LogP contribution in [0, 0.1) is 13.8 Å². The number of aryl methyl sites for hydroxylation is 2. The standard InChI is InChI=1S/C40H38Cl2N6O6/c1-17(2)29-21-13-19(5)31(37(51)33(21)23(35(49)39(29)53)15-43-47-27-11-7-9-25(41)45-27)32-20(6)14-22-30(18(3)4)40(54)36(50)24(34(22)38(32)52)16-44-48-28-12-8-10-26(42)46-28/h7-18,49-54H,1-6H3,(H,45,47)(H,46,48)/b43-15+,44-16+. The molecular weight excluding hydrogens is 731 g/mol. The molecule has 0 amide bonds. The van der Waals surface area contributed by atoms with E-state index in [2.05, 4.69) is 31.0 Å². The largest absolute Gasteiger partial charge is 0.507 e. The number of hydrazone groups is 2. The summed E-state index contributed by atoms with van der Waals surface area (Å²) >= 11 is 12.0. The molecule has 0 atom stereocenters. The number of phenols is 6. The van der Waals surface area contributed by atoms with Crippen molar-refractivity contribution in [1.82, 2.24) is 9.97 Å². The molecule has 0 saturated heterocycles. The Bertz CT molecular complexity index is 2360. The zero-order valence-electron chi connectivity index (χ0n) is 30.2. The highest BCUT2D eigenvalue weighted by atomic mass is 35.5. The third-order valence-corrected chi connectivity index (χ3v) is 9.59. The van der Waals surface area contributed by atoms with Crippen molar-refractivity contribution in [3.05, 3.63) is 92.2 Å². The minimum atomic E-state index is -0.512. The summed E-state index contributed by atoms with van der Waals surface area (Å²) in [4.78, 5) is 8.28. The number of hydrogen-bond acceptors (Lipinski definition) is 12. The maximum atomic E-state index is 12.3. The lowest BCUT2D eigenvalue weighted by atomic mass is 9.83. The molecule has 54 heavy (non-hydrogen) atoms. The predicted molar refractivity (Wildman–Crippen MR) is 215 cm³/mol. The molecular formula is C40H38Cl2N6O6. The Hall–Kier alpha value is -5.98. The van der Waals surface area contributed by atoms with Gasteiger partial charge in [-0.15, -0.1) is 0 Å². The van der Waals surface area contributed by atoms with Crippen LogP contribution < -0.4 is 10.9 Å². The van der Waals surface area contributed by atoms with Crippen molar-refractivity contribution in [2.45, 2.75) is 53.4 Å². The van der Waals surface area contributed by atoms with Crippen LogP contribution in [0.15, 0.2) is 58.7 Å². The zero-order chi connectivity index (χ0) is 39.2. The quantitative estimate of drug-likeness (QED) is 0.0303. The number of fused-ring (bicyclic) bond motifs is 2. The summed E-state index contributed by atoms with van der Waals surface area (Å²) in [5.74, 6) is -2.28. The van der Waals surface area contributed by atoms with Crippen molar-refractivity contribution in [3.63, 3.8) is 0 Å². The SMILES string of the molecule is Cc1cc2c(C(C)C)c(O)c(O)c(/C=N/Nc3cccc(Cl)n3)c2c(O)c1-c1c(C)cc2c(C(C)C)c(O)c(O)c(/C=N/Nc3cccc(Cl)n3)c2c1O. The highest BCUT2D eigenvalue weighted by Gasteiger charge is 2.29. The third-order valence-electron chi connectivity index (χ3n) is 9.16. The molecule has 278 valence electrons. The number of hydrogen-bond donors (Lipinski definition) is 8. The highest BCUT2D eigenvalue weighted by molar-refractivity contribution is 6.29. The average Bonchev–Trinajstić information content (AvgIpc) is 3.09. The van der Waals surface area contributed by atoms with Crippen LogP contribution in [0.2, 0.25) is 10.3 Å². The molecule has 4 aromatic carbocycles. The van der Waals surface area contributed by atoms with Gasteiger partial charge >= 0.3 is 0 Å². The fourth-order valence-electron chi connectivity index (χ4n) is 6.89. The van der Waals surface area contributed by atoms with E-state index in [-0.39, 0.29) is 78.2 Å². The summed E-state index contributed by atoms with van der Waals surface area (Å²) in [7, 11) is 0. The van der Waals surface area contributed by atoms with E-state index < -0.39 is 11.5 Å². The molecule has 6 aromatic rings. The Morgan fingerprint density at radius 3 is 1.28 bits per heavy atom. The normalized spacial score (nSPS) is 12.0. The van der Waals surface area contributed by atoms with E-state index in [9.17, 15) is 30.6 Å². The van der Waals surface area contributed by atoms with Crippen LogP contribution in [0.25, 0.3) is 32.7 Å². The van der Waals surface area contributed by atoms with Crippen LogP contribution in [0.3, 0.4) is 0 Å². The van der Waals surface area contributed by atoms with Crippen molar-refractivity contribution in [2.75, 3.05) is 10.9 Å². The highest BCUT2D eigenvalue weighted by Crippen LogP contribution is 2.54. The first-order chi connectivity index (χ1) is 25.6. The van der Waals surface area contributed by atoms with Gasteiger partial charge in [-0.25, -0.2) is 9.97 Å². The third kappa shape index (κ3) is 6.70. The molecule has 0 unspecified atom stereocenters. The van der Waals surface area contributed by atoms with Gasteiger partial charge in [0.1, 0.15) is 33.4 Å². The minimum absolute atomic E-state index is 0.00343. The Morgan fingerprint density at radius 2 is 0.944 bits per heavy atom. The molecule has 0 saturated carbocycles. The first-order valence-corrected chi connectivity index (χ1v) is 17.7. The first kappa shape index (κ1) is 37.8. The Morgan fingerprint density at radius 1 is 0.574 bits per heavy atom. The summed E-state index contributed by atoms with van der Waals surface area (Å²) in [6.07, 6.45) is 2.50. The second kappa shape index (κ2) is 14.8. The number of halogens is 2. The minimum Gasteiger partial charge on any atom is -0.507 e. The number of nitrogens with one attached hydrogen (secondary N) is 2. The van der Waals surface area contributed by atoms with Crippen molar-refractivity contribution < 1.29 is 30.6 Å². The van der Waals surface area contributed by atoms with Gasteiger partial charge < -0.3 is 30.6 Å². The molecule has 0 bridgehead atoms. The van der Waals surface area contributed by atoms with Crippen molar-refractivity contribution in [2.24, 2.45) is 10.2 Å². The van der Waals surface area contributed by atoms with Gasteiger partial charge in [0, 0.05) is 33.0 Å². The Labute approximate surface area is 320 Å². The van der Waals surface area contributed by atoms with Crippen molar-refractivity contribution >= 4 is 68.8 Å². The molecule has 0 radical (unpaired) electrons. The molecule has 14 heteroatoms. The molecule has 2 heterocycles. The van der Waals surface area contributed by atoms with Gasteiger partial charge in [0.25, 0.3) is 0 Å². The van der Waals surface area contributed by atoms with Crippen molar-refractivity contribution in [1.29, 1.82) is 0 Å². The predicted octanol–water partition coefficient (Wildman–Crippen LogP) is 9.75. The summed E-state index contributed by atoms with van der Waals surface area (Å²) in [6.45, 7) is 10.9. The number of aromatic nitrogens is 2. The summed E-state index contributed by atoms with van der Waals surface area (Å²) < 4.78 is 0. The molecule has 8 N–H and O–H groups in total. The fraction of sp³-hybridized carbons (Fsp3) is 0.200. The van der Waals surface area contributed by atoms with Crippen LogP contribution in [-0.4, -0.2) is 53.0 Å². The summed E-state index contributed by atoms with van der Waals surface area (Å²) in [6, 6.07) is 13.4. The van der Waals surface area contributed by atoms with Crippen LogP contribution >= 0.6 is 23.2 Å². The van der Waals surface area contributed by atoms with Gasteiger partial charge in [0.15, 0.2) is 23.0 Å². The number of benzene rings is 4. The second-order valence-corrected chi connectivity index (χ2v) is 14.2. The number of aromatic hydroxyl groups is 6. The zero-order valence-corrected chi connectivity index (χ0v) is 31.7. The maximum Gasteiger partial charge on any atom is 0.167 e. The number of phenolic OH excluding ortho intramolecular Hbond substituents is 6. The molecule has 0 fully saturated rings. The van der Waals surface area contributed by atoms with Crippen LogP contribution in [0.4, 0.5) is 11.6 Å². The van der Waals surface area contributed by atoms with Gasteiger partial charge in [-0.1, -0.05) is 75.2 Å². The monoisotopic (exact) mass is 768 g/mol. The smallest absolute Gasteiger partial charge is 0.167 e. The van der Waals surface area contributed by atoms with Crippen molar-refractivity contribution in [3.8, 4) is 45.6 Å². The van der Waals surface area contributed by atoms with Gasteiger partial charge in [-0.2, -0.15) is 10.2 Å². The molecule has 0 aliphatic rings. The van der Waals surface area contributed by atoms with Crippen LogP contribution in [-0.2, 0) is 0 Å². The first-order valence-electron chi connectivity index (χ1n) is 16.9. The van der Waals surface area contributed by atoms with E-state index in [0.29, 0.717) is 44.7 Å². The number of rotatable bonds is 9. The molecule has 2 aromatic heterocycles. The lowest BCUT2D eigenvalue weighted by Gasteiger charge is -2.23. The van der Waals surface area contributed by atoms with Gasteiger partial charge in [-0.3, -0.25) is 10.9 Å². The molecule has 12 nitrogen and oxygen atoms in total. The van der Waals surface area contributed by atoms with Crippen LogP contribution in [0.5, 0.6) is 34.5 Å². The second-order valence-electron chi connectivity index (χ2n) is 13.5. The summed E-state index contributed by atoms with van der Waals surface area (Å²) in [5.41, 5.74) is 7.79. The topological polar surface area (TPSA) is 196 Å². The van der Waals surface area contributed by atoms with E-state index in [1.165, 1.54) is 12.4 Å². The lowest BCUT2D eigenvalue weighted by molar-refractivity contribution is 0.398. The summed E-state index contributed by atoms with van der Waals surface area (Å²) in [5, 5.41) is 80.0. The molecule has 0 aliphatic heterocycles. The number of anilines is 2. The fourth-order valence-corrected chi connectivity index (χ4v) is 7.22. The number of pyridine rings is 2. The Kier molecular flexibility index (Phi) is 10.4. The van der Waals surface area contributed by atoms with E-state index in [1.54, 1.807) is 62.4 Å². The molecule has 6 rings (SSSR count). The average molecular weight is 770 g/mol. The molecule has 0 spiro atoms. The molecule has 0 aliphatic carbocycles.